The maximum atomic E-state index is 13.6. The third kappa shape index (κ3) is 5.20. The monoisotopic (exact) mass is 491 g/mol. The SMILES string of the molecule is COc1cc(-c2nc3ncc(-c4cc(Cl)cc(C=O)c4)cc3c(=O)n2CC(=O)NC(C)C)ccn1. The van der Waals surface area contributed by atoms with Crippen LogP contribution in [0.3, 0.4) is 0 Å². The average Bonchev–Trinajstić information content (AvgIpc) is 2.84. The normalized spacial score (nSPS) is 11.0. The Morgan fingerprint density at radius 1 is 1.14 bits per heavy atom. The second-order valence-electron chi connectivity index (χ2n) is 8.12. The predicted molar refractivity (Wildman–Crippen MR) is 133 cm³/mol. The molecule has 178 valence electrons. The second-order valence-corrected chi connectivity index (χ2v) is 8.56. The van der Waals surface area contributed by atoms with Crippen molar-refractivity contribution in [3.63, 3.8) is 0 Å². The fraction of sp³-hybridized carbons (Fsp3) is 0.200. The zero-order chi connectivity index (χ0) is 25.1. The van der Waals surface area contributed by atoms with E-state index in [2.05, 4.69) is 20.3 Å². The molecule has 1 aromatic carbocycles. The van der Waals surface area contributed by atoms with Gasteiger partial charge >= 0.3 is 0 Å². The number of fused-ring (bicyclic) bond motifs is 1. The largest absolute Gasteiger partial charge is 0.481 e. The smallest absolute Gasteiger partial charge is 0.263 e. The van der Waals surface area contributed by atoms with Crippen LogP contribution in [0.1, 0.15) is 24.2 Å². The van der Waals surface area contributed by atoms with Crippen LogP contribution >= 0.6 is 11.6 Å². The van der Waals surface area contributed by atoms with Crippen molar-refractivity contribution in [3.05, 3.63) is 69.7 Å². The van der Waals surface area contributed by atoms with Crippen molar-refractivity contribution < 1.29 is 14.3 Å². The van der Waals surface area contributed by atoms with Crippen LogP contribution in [0.25, 0.3) is 33.5 Å². The summed E-state index contributed by atoms with van der Waals surface area (Å²) in [6, 6.07) is 9.72. The Hall–Kier alpha value is -4.11. The third-order valence-electron chi connectivity index (χ3n) is 5.15. The summed E-state index contributed by atoms with van der Waals surface area (Å²) in [5, 5.41) is 3.40. The van der Waals surface area contributed by atoms with Crippen LogP contribution in [0.5, 0.6) is 5.88 Å². The molecule has 9 nitrogen and oxygen atoms in total. The number of hydrogen-bond acceptors (Lipinski definition) is 7. The minimum absolute atomic E-state index is 0.0980. The summed E-state index contributed by atoms with van der Waals surface area (Å²) in [6.45, 7) is 3.43. The minimum Gasteiger partial charge on any atom is -0.481 e. The Morgan fingerprint density at radius 3 is 2.66 bits per heavy atom. The van der Waals surface area contributed by atoms with Crippen molar-refractivity contribution in [2.45, 2.75) is 26.4 Å². The molecule has 0 atom stereocenters. The molecule has 0 aliphatic rings. The number of benzene rings is 1. The maximum absolute atomic E-state index is 13.6. The molecule has 4 aromatic rings. The highest BCUT2D eigenvalue weighted by atomic mass is 35.5. The van der Waals surface area contributed by atoms with Gasteiger partial charge in [-0.05, 0) is 49.7 Å². The van der Waals surface area contributed by atoms with Gasteiger partial charge in [0.15, 0.2) is 5.65 Å². The molecule has 3 aromatic heterocycles. The average molecular weight is 492 g/mol. The molecule has 0 bridgehead atoms. The highest BCUT2D eigenvalue weighted by Gasteiger charge is 2.18. The van der Waals surface area contributed by atoms with Crippen LogP contribution in [0.15, 0.2) is 53.6 Å². The van der Waals surface area contributed by atoms with Gasteiger partial charge in [-0.15, -0.1) is 0 Å². The van der Waals surface area contributed by atoms with Gasteiger partial charge in [-0.25, -0.2) is 15.0 Å². The summed E-state index contributed by atoms with van der Waals surface area (Å²) >= 11 is 6.15. The Kier molecular flexibility index (Phi) is 6.88. The zero-order valence-electron chi connectivity index (χ0n) is 19.3. The molecule has 0 aliphatic carbocycles. The Balaban J connectivity index is 1.92. The van der Waals surface area contributed by atoms with Gasteiger partial charge in [0, 0.05) is 46.2 Å². The first kappa shape index (κ1) is 24.0. The number of methoxy groups -OCH3 is 1. The molecule has 10 heteroatoms. The molecule has 35 heavy (non-hydrogen) atoms. The third-order valence-corrected chi connectivity index (χ3v) is 5.37. The van der Waals surface area contributed by atoms with Crippen molar-refractivity contribution in [2.75, 3.05) is 7.11 Å². The standard InChI is InChI=1S/C25H22ClN5O4/c1-14(2)29-21(33)12-31-24(16-4-5-27-22(10-16)35-3)30-23-20(25(31)34)9-18(11-28-23)17-6-15(13-32)7-19(26)8-17/h4-11,13-14H,12H2,1-3H3,(H,29,33). The summed E-state index contributed by atoms with van der Waals surface area (Å²) < 4.78 is 6.50. The number of carbonyl (C=O) groups is 2. The van der Waals surface area contributed by atoms with E-state index in [4.69, 9.17) is 16.3 Å². The fourth-order valence-electron chi connectivity index (χ4n) is 3.65. The summed E-state index contributed by atoms with van der Waals surface area (Å²) in [6.07, 6.45) is 3.78. The van der Waals surface area contributed by atoms with Gasteiger partial charge in [0.2, 0.25) is 11.8 Å². The van der Waals surface area contributed by atoms with E-state index in [0.29, 0.717) is 39.4 Å². The second kappa shape index (κ2) is 10.0. The van der Waals surface area contributed by atoms with Crippen molar-refractivity contribution >= 4 is 34.8 Å². The number of amides is 1. The number of rotatable bonds is 7. The van der Waals surface area contributed by atoms with Gasteiger partial charge in [-0.3, -0.25) is 19.0 Å². The first-order valence-electron chi connectivity index (χ1n) is 10.8. The van der Waals surface area contributed by atoms with E-state index in [9.17, 15) is 14.4 Å². The zero-order valence-corrected chi connectivity index (χ0v) is 20.0. The molecule has 0 radical (unpaired) electrons. The van der Waals surface area contributed by atoms with Crippen LogP contribution in [0.2, 0.25) is 5.02 Å². The highest BCUT2D eigenvalue weighted by molar-refractivity contribution is 6.31. The van der Waals surface area contributed by atoms with E-state index in [1.807, 2.05) is 13.8 Å². The molecule has 0 saturated heterocycles. The molecule has 0 saturated carbocycles. The quantitative estimate of drug-likeness (QED) is 0.393. The Bertz CT molecular complexity index is 1500. The van der Waals surface area contributed by atoms with E-state index in [0.717, 1.165) is 0 Å². The number of hydrogen-bond donors (Lipinski definition) is 1. The molecule has 0 unspecified atom stereocenters. The molecule has 1 amide bonds. The van der Waals surface area contributed by atoms with Crippen molar-refractivity contribution in [2.24, 2.45) is 0 Å². The van der Waals surface area contributed by atoms with Crippen molar-refractivity contribution in [3.8, 4) is 28.4 Å². The molecule has 1 N–H and O–H groups in total. The van der Waals surface area contributed by atoms with Crippen LogP contribution in [0, 0.1) is 0 Å². The van der Waals surface area contributed by atoms with Gasteiger partial charge in [-0.1, -0.05) is 11.6 Å². The number of ether oxygens (including phenoxy) is 1. The van der Waals surface area contributed by atoms with E-state index >= 15 is 0 Å². The van der Waals surface area contributed by atoms with Gasteiger partial charge in [0.1, 0.15) is 18.7 Å². The first-order chi connectivity index (χ1) is 16.8. The van der Waals surface area contributed by atoms with Gasteiger partial charge in [-0.2, -0.15) is 0 Å². The van der Waals surface area contributed by atoms with Gasteiger partial charge < -0.3 is 10.1 Å². The van der Waals surface area contributed by atoms with E-state index in [1.54, 1.807) is 42.6 Å². The van der Waals surface area contributed by atoms with Gasteiger partial charge in [0.05, 0.1) is 12.5 Å². The molecule has 0 fully saturated rings. The lowest BCUT2D eigenvalue weighted by molar-refractivity contribution is -0.122. The minimum atomic E-state index is -0.438. The maximum Gasteiger partial charge on any atom is 0.263 e. The number of nitrogens with zero attached hydrogens (tertiary/aromatic N) is 4. The number of aldehydes is 1. The molecule has 0 aliphatic heterocycles. The first-order valence-corrected chi connectivity index (χ1v) is 11.1. The molecular formula is C25H22ClN5O4. The summed E-state index contributed by atoms with van der Waals surface area (Å²) in [7, 11) is 1.48. The Labute approximate surface area is 205 Å². The molecule has 4 rings (SSSR count). The molecular weight excluding hydrogens is 470 g/mol. The van der Waals surface area contributed by atoms with Crippen molar-refractivity contribution in [1.29, 1.82) is 0 Å². The Morgan fingerprint density at radius 2 is 1.94 bits per heavy atom. The van der Waals surface area contributed by atoms with E-state index in [1.165, 1.54) is 17.9 Å². The van der Waals surface area contributed by atoms with E-state index in [-0.39, 0.29) is 35.4 Å². The lowest BCUT2D eigenvalue weighted by Crippen LogP contribution is -2.37. The highest BCUT2D eigenvalue weighted by Crippen LogP contribution is 2.27. The van der Waals surface area contributed by atoms with Crippen LogP contribution in [-0.4, -0.2) is 44.9 Å². The van der Waals surface area contributed by atoms with Crippen LogP contribution in [-0.2, 0) is 11.3 Å². The van der Waals surface area contributed by atoms with Gasteiger partial charge in [0.25, 0.3) is 5.56 Å². The number of halogens is 1. The predicted octanol–water partition coefficient (Wildman–Crippen LogP) is 3.52. The summed E-state index contributed by atoms with van der Waals surface area (Å²) in [4.78, 5) is 50.6. The van der Waals surface area contributed by atoms with Crippen molar-refractivity contribution in [1.82, 2.24) is 24.8 Å². The summed E-state index contributed by atoms with van der Waals surface area (Å²) in [5.41, 5.74) is 1.92. The lowest BCUT2D eigenvalue weighted by atomic mass is 10.0. The fourth-order valence-corrected chi connectivity index (χ4v) is 3.89. The van der Waals surface area contributed by atoms with Crippen LogP contribution in [0.4, 0.5) is 0 Å². The number of aromatic nitrogens is 4. The number of carbonyl (C=O) groups excluding carboxylic acids is 2. The lowest BCUT2D eigenvalue weighted by Gasteiger charge is -2.15. The number of pyridine rings is 2. The number of nitrogens with one attached hydrogen (secondary N) is 1. The van der Waals surface area contributed by atoms with Crippen LogP contribution < -0.4 is 15.6 Å². The summed E-state index contributed by atoms with van der Waals surface area (Å²) in [5.74, 6) is 0.263. The molecule has 0 spiro atoms. The topological polar surface area (TPSA) is 116 Å². The molecule has 3 heterocycles. The van der Waals surface area contributed by atoms with E-state index < -0.39 is 5.56 Å².